The van der Waals surface area contributed by atoms with Crippen LogP contribution in [0.2, 0.25) is 0 Å². The third-order valence-corrected chi connectivity index (χ3v) is 4.43. The molecule has 0 amide bonds. The van der Waals surface area contributed by atoms with E-state index in [4.69, 9.17) is 0 Å². The first kappa shape index (κ1) is 18.1. The molecule has 2 N–H and O–H groups in total. The van der Waals surface area contributed by atoms with Crippen LogP contribution in [0.1, 0.15) is 22.1 Å². The summed E-state index contributed by atoms with van der Waals surface area (Å²) < 4.78 is 1.61. The highest BCUT2D eigenvalue weighted by Gasteiger charge is 2.20. The molecule has 4 rings (SSSR count). The van der Waals surface area contributed by atoms with Gasteiger partial charge in [0, 0.05) is 23.4 Å². The number of nitrogens with zero attached hydrogens (tertiary/aromatic N) is 4. The highest BCUT2D eigenvalue weighted by Crippen LogP contribution is 2.27. The molecule has 0 aliphatic carbocycles. The molecule has 0 aliphatic heterocycles. The van der Waals surface area contributed by atoms with Crippen molar-refractivity contribution in [1.29, 1.82) is 0 Å². The lowest BCUT2D eigenvalue weighted by molar-refractivity contribution is -0.384. The lowest BCUT2D eigenvalue weighted by Crippen LogP contribution is -2.21. The Bertz CT molecular complexity index is 1220. The summed E-state index contributed by atoms with van der Waals surface area (Å²) >= 11 is 0. The molecule has 0 radical (unpaired) electrons. The Balaban J connectivity index is 1.83. The van der Waals surface area contributed by atoms with Gasteiger partial charge in [-0.3, -0.25) is 10.1 Å². The van der Waals surface area contributed by atoms with Gasteiger partial charge in [-0.2, -0.15) is 0 Å². The minimum atomic E-state index is -1.05. The number of hydrogen-bond acceptors (Lipinski definition) is 6. The van der Waals surface area contributed by atoms with Crippen LogP contribution in [0.4, 0.5) is 11.4 Å². The predicted octanol–water partition coefficient (Wildman–Crippen LogP) is 3.70. The van der Waals surface area contributed by atoms with Crippen LogP contribution in [0.25, 0.3) is 11.0 Å². The number of nitro groups is 1. The number of benzene rings is 3. The molecule has 4 aromatic rings. The minimum Gasteiger partial charge on any atom is -0.478 e. The van der Waals surface area contributed by atoms with Gasteiger partial charge in [0.25, 0.3) is 5.69 Å². The van der Waals surface area contributed by atoms with Crippen molar-refractivity contribution in [3.05, 3.63) is 94.0 Å². The number of fused-ring (bicyclic) bond motifs is 1. The van der Waals surface area contributed by atoms with E-state index in [0.717, 1.165) is 5.52 Å². The van der Waals surface area contributed by atoms with Crippen molar-refractivity contribution in [3.8, 4) is 0 Å². The first-order valence-electron chi connectivity index (χ1n) is 8.67. The summed E-state index contributed by atoms with van der Waals surface area (Å²) in [5.74, 6) is -1.05. The maximum absolute atomic E-state index is 11.3. The second-order valence-electron chi connectivity index (χ2n) is 6.31. The zero-order valence-corrected chi connectivity index (χ0v) is 15.0. The van der Waals surface area contributed by atoms with E-state index in [9.17, 15) is 20.0 Å². The van der Waals surface area contributed by atoms with Crippen LogP contribution in [0.3, 0.4) is 0 Å². The van der Waals surface area contributed by atoms with E-state index in [1.807, 2.05) is 24.3 Å². The van der Waals surface area contributed by atoms with E-state index in [-0.39, 0.29) is 11.3 Å². The Labute approximate surface area is 164 Å². The Morgan fingerprint density at radius 2 is 1.86 bits per heavy atom. The van der Waals surface area contributed by atoms with Gasteiger partial charge in [0.05, 0.1) is 16.0 Å². The number of carboxylic acid groups (broad SMARTS) is 1. The van der Waals surface area contributed by atoms with E-state index in [1.54, 1.807) is 28.9 Å². The van der Waals surface area contributed by atoms with Gasteiger partial charge in [-0.05, 0) is 30.3 Å². The summed E-state index contributed by atoms with van der Waals surface area (Å²) in [6.45, 7) is 0. The highest BCUT2D eigenvalue weighted by atomic mass is 16.6. The molecule has 0 fully saturated rings. The first-order valence-corrected chi connectivity index (χ1v) is 8.67. The summed E-state index contributed by atoms with van der Waals surface area (Å²) in [7, 11) is 0. The van der Waals surface area contributed by atoms with Gasteiger partial charge in [-0.1, -0.05) is 35.5 Å². The third-order valence-electron chi connectivity index (χ3n) is 4.43. The maximum atomic E-state index is 11.3. The molecule has 0 aliphatic rings. The van der Waals surface area contributed by atoms with Crippen molar-refractivity contribution in [2.45, 2.75) is 6.17 Å². The number of rotatable bonds is 6. The van der Waals surface area contributed by atoms with E-state index in [1.165, 1.54) is 24.3 Å². The summed E-state index contributed by atoms with van der Waals surface area (Å²) in [4.78, 5) is 22.1. The Kier molecular flexibility index (Phi) is 4.62. The number of carboxylic acids is 1. The van der Waals surface area contributed by atoms with Crippen LogP contribution in [0, 0.1) is 10.1 Å². The second-order valence-corrected chi connectivity index (χ2v) is 6.31. The molecule has 1 atom stereocenters. The zero-order chi connectivity index (χ0) is 20.4. The molecular weight excluding hydrogens is 374 g/mol. The number of carbonyl (C=O) groups is 1. The van der Waals surface area contributed by atoms with E-state index >= 15 is 0 Å². The Morgan fingerprint density at radius 3 is 2.66 bits per heavy atom. The predicted molar refractivity (Wildman–Crippen MR) is 106 cm³/mol. The monoisotopic (exact) mass is 389 g/mol. The molecule has 3 aromatic carbocycles. The molecule has 1 heterocycles. The van der Waals surface area contributed by atoms with E-state index in [2.05, 4.69) is 15.6 Å². The number of nitro benzene ring substituents is 1. The second kappa shape index (κ2) is 7.39. The topological polar surface area (TPSA) is 123 Å². The number of para-hydroxylation sites is 1. The zero-order valence-electron chi connectivity index (χ0n) is 15.0. The van der Waals surface area contributed by atoms with Crippen LogP contribution in [-0.2, 0) is 0 Å². The average Bonchev–Trinajstić information content (AvgIpc) is 3.16. The first-order chi connectivity index (χ1) is 14.0. The van der Waals surface area contributed by atoms with Gasteiger partial charge < -0.3 is 10.4 Å². The van der Waals surface area contributed by atoms with E-state index < -0.39 is 17.1 Å². The number of hydrogen-bond donors (Lipinski definition) is 2. The normalized spacial score (nSPS) is 11.9. The fraction of sp³-hybridized carbons (Fsp3) is 0.0500. The summed E-state index contributed by atoms with van der Waals surface area (Å²) in [6.07, 6.45) is -0.647. The molecule has 0 spiro atoms. The molecule has 1 unspecified atom stereocenters. The van der Waals surface area contributed by atoms with Crippen molar-refractivity contribution in [2.24, 2.45) is 0 Å². The Hall–Kier alpha value is -4.27. The van der Waals surface area contributed by atoms with Gasteiger partial charge >= 0.3 is 5.97 Å². The highest BCUT2D eigenvalue weighted by molar-refractivity contribution is 5.88. The molecule has 1 aromatic heterocycles. The SMILES string of the molecule is O=C(O)c1cccc(NC(c2cccc([N+](=O)[O-])c2)n2nnc3ccccc32)c1. The molecule has 9 heteroatoms. The van der Waals surface area contributed by atoms with Crippen LogP contribution in [0.5, 0.6) is 0 Å². The maximum Gasteiger partial charge on any atom is 0.335 e. The summed E-state index contributed by atoms with van der Waals surface area (Å²) in [5, 5.41) is 32.1. The van der Waals surface area contributed by atoms with Crippen molar-refractivity contribution in [3.63, 3.8) is 0 Å². The molecule has 0 saturated carbocycles. The smallest absolute Gasteiger partial charge is 0.335 e. The third kappa shape index (κ3) is 3.61. The number of non-ortho nitro benzene ring substituents is 1. The molecular formula is C20H15N5O4. The lowest BCUT2D eigenvalue weighted by atomic mass is 10.1. The number of aromatic carboxylic acids is 1. The molecule has 144 valence electrons. The minimum absolute atomic E-state index is 0.0574. The van der Waals surface area contributed by atoms with Crippen LogP contribution < -0.4 is 5.32 Å². The van der Waals surface area contributed by atoms with Gasteiger partial charge in [-0.15, -0.1) is 5.10 Å². The van der Waals surface area contributed by atoms with Crippen molar-refractivity contribution in [2.75, 3.05) is 5.32 Å². The van der Waals surface area contributed by atoms with Gasteiger partial charge in [0.15, 0.2) is 0 Å². The van der Waals surface area contributed by atoms with Gasteiger partial charge in [0.1, 0.15) is 11.7 Å². The van der Waals surface area contributed by atoms with Crippen molar-refractivity contribution >= 4 is 28.4 Å². The fourth-order valence-electron chi connectivity index (χ4n) is 3.07. The largest absolute Gasteiger partial charge is 0.478 e. The average molecular weight is 389 g/mol. The van der Waals surface area contributed by atoms with Gasteiger partial charge in [0.2, 0.25) is 0 Å². The standard InChI is InChI=1S/C20H15N5O4/c26-20(27)14-6-3-7-15(11-14)21-19(13-5-4-8-16(12-13)25(28)29)24-18-10-2-1-9-17(18)22-23-24/h1-12,19,21H,(H,26,27). The lowest BCUT2D eigenvalue weighted by Gasteiger charge is -2.21. The van der Waals surface area contributed by atoms with E-state index in [0.29, 0.717) is 16.8 Å². The fourth-order valence-corrected chi connectivity index (χ4v) is 3.07. The Morgan fingerprint density at radius 1 is 1.07 bits per heavy atom. The quantitative estimate of drug-likeness (QED) is 0.381. The van der Waals surface area contributed by atoms with Crippen LogP contribution >= 0.6 is 0 Å². The summed E-state index contributed by atoms with van der Waals surface area (Å²) in [5.41, 5.74) is 2.57. The summed E-state index contributed by atoms with van der Waals surface area (Å²) in [6, 6.07) is 19.9. The number of nitrogens with one attached hydrogen (secondary N) is 1. The molecule has 0 saturated heterocycles. The van der Waals surface area contributed by atoms with Crippen LogP contribution in [0.15, 0.2) is 72.8 Å². The number of anilines is 1. The van der Waals surface area contributed by atoms with Gasteiger partial charge in [-0.25, -0.2) is 9.48 Å². The molecule has 29 heavy (non-hydrogen) atoms. The number of aromatic nitrogens is 3. The van der Waals surface area contributed by atoms with Crippen molar-refractivity contribution in [1.82, 2.24) is 15.0 Å². The van der Waals surface area contributed by atoms with Crippen LogP contribution in [-0.4, -0.2) is 31.0 Å². The molecule has 9 nitrogen and oxygen atoms in total. The van der Waals surface area contributed by atoms with Crippen molar-refractivity contribution < 1.29 is 14.8 Å². The molecule has 0 bridgehead atoms.